The Balaban J connectivity index is 2.82. The molecule has 0 aliphatic carbocycles. The molecule has 1 amide bonds. The highest BCUT2D eigenvalue weighted by atomic mass is 127. The van der Waals surface area contributed by atoms with E-state index in [0.29, 0.717) is 13.0 Å². The second-order valence-corrected chi connectivity index (χ2v) is 2.26. The molecule has 2 N–H and O–H groups in total. The van der Waals surface area contributed by atoms with Crippen molar-refractivity contribution < 1.29 is 9.90 Å². The van der Waals surface area contributed by atoms with Gasteiger partial charge in [-0.2, -0.15) is 0 Å². The molecule has 0 aromatic carbocycles. The standard InChI is InChI=1S/C4H8INO2/c5-4(8)6-2-1-3-7/h7H,1-3H2,(H,6,8). The Bertz CT molecular complexity index is 76.4. The lowest BCUT2D eigenvalue weighted by molar-refractivity contribution is 0.259. The summed E-state index contributed by atoms with van der Waals surface area (Å²) in [6.07, 6.45) is 0.634. The van der Waals surface area contributed by atoms with E-state index in [1.165, 1.54) is 0 Å². The van der Waals surface area contributed by atoms with Crippen LogP contribution in [0.2, 0.25) is 0 Å². The van der Waals surface area contributed by atoms with E-state index in [1.54, 1.807) is 22.6 Å². The molecule has 0 unspecified atom stereocenters. The van der Waals surface area contributed by atoms with Crippen molar-refractivity contribution in [2.45, 2.75) is 6.42 Å². The number of aliphatic hydroxyl groups excluding tert-OH is 1. The number of nitrogens with one attached hydrogen (secondary N) is 1. The van der Waals surface area contributed by atoms with Crippen molar-refractivity contribution in [2.24, 2.45) is 0 Å². The van der Waals surface area contributed by atoms with Crippen molar-refractivity contribution in [3.63, 3.8) is 0 Å². The van der Waals surface area contributed by atoms with Crippen LogP contribution in [-0.2, 0) is 0 Å². The van der Waals surface area contributed by atoms with E-state index in [2.05, 4.69) is 5.32 Å². The molecule has 8 heavy (non-hydrogen) atoms. The van der Waals surface area contributed by atoms with Crippen LogP contribution < -0.4 is 5.32 Å². The van der Waals surface area contributed by atoms with E-state index >= 15 is 0 Å². The van der Waals surface area contributed by atoms with E-state index < -0.39 is 0 Å². The smallest absolute Gasteiger partial charge is 0.280 e. The summed E-state index contributed by atoms with van der Waals surface area (Å²) >= 11 is 1.65. The van der Waals surface area contributed by atoms with Gasteiger partial charge in [-0.25, -0.2) is 0 Å². The summed E-state index contributed by atoms with van der Waals surface area (Å²) in [5.74, 6) is 0. The molecule has 0 saturated heterocycles. The quantitative estimate of drug-likeness (QED) is 0.320. The monoisotopic (exact) mass is 229 g/mol. The average Bonchev–Trinajstić information content (AvgIpc) is 1.66. The summed E-state index contributed by atoms with van der Waals surface area (Å²) in [5.41, 5.74) is 0. The highest BCUT2D eigenvalue weighted by Crippen LogP contribution is 1.82. The SMILES string of the molecule is O=C(I)NCCCO. The average molecular weight is 229 g/mol. The third kappa shape index (κ3) is 6.16. The lowest BCUT2D eigenvalue weighted by Gasteiger charge is -1.94. The molecule has 0 heterocycles. The first-order valence-corrected chi connectivity index (χ1v) is 3.39. The number of rotatable bonds is 3. The van der Waals surface area contributed by atoms with Crippen LogP contribution in [0.25, 0.3) is 0 Å². The maximum Gasteiger partial charge on any atom is 0.280 e. The Kier molecular flexibility index (Phi) is 5.41. The van der Waals surface area contributed by atoms with E-state index in [0.717, 1.165) is 0 Å². The number of carbonyl (C=O) groups excluding carboxylic acids is 1. The summed E-state index contributed by atoms with van der Waals surface area (Å²) in [6.45, 7) is 0.704. The fraction of sp³-hybridized carbons (Fsp3) is 0.750. The lowest BCUT2D eigenvalue weighted by atomic mass is 10.5. The predicted molar refractivity (Wildman–Crippen MR) is 39.1 cm³/mol. The van der Waals surface area contributed by atoms with Crippen molar-refractivity contribution in [3.05, 3.63) is 0 Å². The molecule has 3 nitrogen and oxygen atoms in total. The molecule has 0 spiro atoms. The number of aliphatic hydroxyl groups is 1. The van der Waals surface area contributed by atoms with Crippen molar-refractivity contribution >= 4 is 26.5 Å². The van der Waals surface area contributed by atoms with Crippen molar-refractivity contribution in [3.8, 4) is 0 Å². The van der Waals surface area contributed by atoms with Gasteiger partial charge in [-0.1, -0.05) is 0 Å². The molecule has 0 radical (unpaired) electrons. The Morgan fingerprint density at radius 3 is 2.75 bits per heavy atom. The van der Waals surface area contributed by atoms with Crippen LogP contribution in [0, 0.1) is 0 Å². The highest BCUT2D eigenvalue weighted by molar-refractivity contribution is 14.1. The summed E-state index contributed by atoms with van der Waals surface area (Å²) in [7, 11) is 0. The van der Waals surface area contributed by atoms with Gasteiger partial charge in [-0.05, 0) is 6.42 Å². The van der Waals surface area contributed by atoms with Gasteiger partial charge in [0, 0.05) is 35.7 Å². The molecule has 0 aliphatic heterocycles. The zero-order valence-corrected chi connectivity index (χ0v) is 6.51. The predicted octanol–water partition coefficient (Wildman–Crippen LogP) is 0.513. The molecular formula is C4H8INO2. The second-order valence-electron chi connectivity index (χ2n) is 1.28. The maximum atomic E-state index is 10.1. The van der Waals surface area contributed by atoms with Crippen LogP contribution in [0.1, 0.15) is 6.42 Å². The van der Waals surface area contributed by atoms with Gasteiger partial charge in [-0.15, -0.1) is 0 Å². The van der Waals surface area contributed by atoms with Gasteiger partial charge >= 0.3 is 0 Å². The van der Waals surface area contributed by atoms with Gasteiger partial charge in [0.1, 0.15) is 0 Å². The Morgan fingerprint density at radius 1 is 1.75 bits per heavy atom. The third-order valence-corrected chi connectivity index (χ3v) is 0.980. The number of amides is 1. The van der Waals surface area contributed by atoms with E-state index in [-0.39, 0.29) is 10.5 Å². The molecule has 4 heteroatoms. The minimum absolute atomic E-state index is 0.0731. The van der Waals surface area contributed by atoms with Crippen molar-refractivity contribution in [1.82, 2.24) is 5.32 Å². The van der Waals surface area contributed by atoms with Gasteiger partial charge < -0.3 is 10.4 Å². The molecule has 0 aromatic rings. The molecule has 0 aliphatic rings. The van der Waals surface area contributed by atoms with Gasteiger partial charge in [0.25, 0.3) is 3.91 Å². The molecular weight excluding hydrogens is 221 g/mol. The minimum Gasteiger partial charge on any atom is -0.396 e. The van der Waals surface area contributed by atoms with Gasteiger partial charge in [-0.3, -0.25) is 4.79 Å². The maximum absolute atomic E-state index is 10.1. The minimum atomic E-state index is -0.0731. The van der Waals surface area contributed by atoms with E-state index in [1.807, 2.05) is 0 Å². The molecule has 0 rings (SSSR count). The molecule has 48 valence electrons. The first-order valence-electron chi connectivity index (χ1n) is 2.31. The Hall–Kier alpha value is 0.160. The van der Waals surface area contributed by atoms with E-state index in [4.69, 9.17) is 5.11 Å². The fourth-order valence-electron chi connectivity index (χ4n) is 0.266. The van der Waals surface area contributed by atoms with Crippen LogP contribution in [0.3, 0.4) is 0 Å². The summed E-state index contributed by atoms with van der Waals surface area (Å²) in [6, 6.07) is 0. The topological polar surface area (TPSA) is 49.3 Å². The number of carbonyl (C=O) groups is 1. The van der Waals surface area contributed by atoms with Crippen LogP contribution >= 0.6 is 22.6 Å². The van der Waals surface area contributed by atoms with Gasteiger partial charge in [0.2, 0.25) is 0 Å². The zero-order chi connectivity index (χ0) is 6.41. The molecule has 0 fully saturated rings. The Morgan fingerprint density at radius 2 is 2.38 bits per heavy atom. The van der Waals surface area contributed by atoms with Crippen molar-refractivity contribution in [1.29, 1.82) is 0 Å². The van der Waals surface area contributed by atoms with Crippen LogP contribution in [-0.4, -0.2) is 22.2 Å². The Labute approximate surface area is 61.6 Å². The zero-order valence-electron chi connectivity index (χ0n) is 4.35. The first kappa shape index (κ1) is 8.16. The van der Waals surface area contributed by atoms with Crippen LogP contribution in [0.15, 0.2) is 0 Å². The molecule has 0 bridgehead atoms. The largest absolute Gasteiger partial charge is 0.396 e. The first-order chi connectivity index (χ1) is 3.77. The normalized spacial score (nSPS) is 8.75. The van der Waals surface area contributed by atoms with Crippen molar-refractivity contribution in [2.75, 3.05) is 13.2 Å². The molecule has 0 saturated carbocycles. The molecule has 0 aromatic heterocycles. The van der Waals surface area contributed by atoms with Crippen LogP contribution in [0.4, 0.5) is 4.79 Å². The molecule has 0 atom stereocenters. The second kappa shape index (κ2) is 5.30. The highest BCUT2D eigenvalue weighted by Gasteiger charge is 1.88. The summed E-state index contributed by atoms with van der Waals surface area (Å²) in [5, 5.41) is 10.8. The van der Waals surface area contributed by atoms with Gasteiger partial charge in [0.05, 0.1) is 0 Å². The van der Waals surface area contributed by atoms with E-state index in [9.17, 15) is 4.79 Å². The fourth-order valence-corrected chi connectivity index (χ4v) is 0.535. The third-order valence-electron chi connectivity index (χ3n) is 0.599. The summed E-state index contributed by atoms with van der Waals surface area (Å²) < 4.78 is -0.0731. The van der Waals surface area contributed by atoms with Crippen LogP contribution in [0.5, 0.6) is 0 Å². The number of hydrogen-bond acceptors (Lipinski definition) is 2. The number of halogens is 1. The lowest BCUT2D eigenvalue weighted by Crippen LogP contribution is -2.17. The number of hydrogen-bond donors (Lipinski definition) is 2. The van der Waals surface area contributed by atoms with Gasteiger partial charge in [0.15, 0.2) is 0 Å². The summed E-state index contributed by atoms with van der Waals surface area (Å²) in [4.78, 5) is 10.1.